The number of carboxylic acid groups (broad SMARTS) is 1. The Morgan fingerprint density at radius 2 is 2.18 bits per heavy atom. The van der Waals surface area contributed by atoms with E-state index in [1.54, 1.807) is 0 Å². The number of aliphatic hydroxyl groups is 1. The molecule has 7 nitrogen and oxygen atoms in total. The minimum Gasteiger partial charge on any atom is -0.480 e. The number of aliphatic carboxylic acids is 1. The lowest BCUT2D eigenvalue weighted by molar-refractivity contribution is -0.141. The topological polar surface area (TPSA) is 99.1 Å². The molecule has 0 aromatic heterocycles. The van der Waals surface area contributed by atoms with Crippen molar-refractivity contribution >= 4 is 12.0 Å². The number of aliphatic hydroxyl groups excluding tert-OH is 1. The van der Waals surface area contributed by atoms with Crippen LogP contribution in [-0.2, 0) is 9.53 Å². The average molecular weight is 246 g/mol. The summed E-state index contributed by atoms with van der Waals surface area (Å²) in [4.78, 5) is 24.0. The number of morpholine rings is 1. The largest absolute Gasteiger partial charge is 0.480 e. The van der Waals surface area contributed by atoms with Crippen LogP contribution in [-0.4, -0.2) is 65.1 Å². The predicted molar refractivity (Wildman–Crippen MR) is 58.6 cm³/mol. The van der Waals surface area contributed by atoms with E-state index in [1.807, 2.05) is 6.92 Å². The number of nitrogens with one attached hydrogen (secondary N) is 1. The summed E-state index contributed by atoms with van der Waals surface area (Å²) in [5.74, 6) is -1.25. The molecule has 0 spiro atoms. The molecule has 1 aliphatic heterocycles. The SMILES string of the molecule is CC1CN(C(=O)NC(C(=O)O)C(C)O)CCO1. The third-order valence-electron chi connectivity index (χ3n) is 2.56. The molecule has 17 heavy (non-hydrogen) atoms. The number of hydrogen-bond acceptors (Lipinski definition) is 4. The quantitative estimate of drug-likeness (QED) is 0.608. The Bertz CT molecular complexity index is 294. The van der Waals surface area contributed by atoms with Gasteiger partial charge in [-0.3, -0.25) is 0 Å². The fourth-order valence-corrected chi connectivity index (χ4v) is 1.62. The van der Waals surface area contributed by atoms with E-state index in [4.69, 9.17) is 9.84 Å². The maximum Gasteiger partial charge on any atom is 0.328 e. The summed E-state index contributed by atoms with van der Waals surface area (Å²) >= 11 is 0. The minimum absolute atomic E-state index is 0.0654. The van der Waals surface area contributed by atoms with Crippen molar-refractivity contribution in [3.63, 3.8) is 0 Å². The van der Waals surface area contributed by atoms with Gasteiger partial charge in [-0.2, -0.15) is 0 Å². The molecule has 3 atom stereocenters. The Labute approximate surface area is 99.4 Å². The van der Waals surface area contributed by atoms with Gasteiger partial charge in [-0.1, -0.05) is 0 Å². The van der Waals surface area contributed by atoms with Crippen molar-refractivity contribution in [1.29, 1.82) is 0 Å². The van der Waals surface area contributed by atoms with Crippen LogP contribution >= 0.6 is 0 Å². The van der Waals surface area contributed by atoms with Crippen LogP contribution in [0.3, 0.4) is 0 Å². The highest BCUT2D eigenvalue weighted by Gasteiger charge is 2.28. The first kappa shape index (κ1) is 13.7. The number of nitrogens with zero attached hydrogens (tertiary/aromatic N) is 1. The average Bonchev–Trinajstić information content (AvgIpc) is 2.24. The fourth-order valence-electron chi connectivity index (χ4n) is 1.62. The van der Waals surface area contributed by atoms with Crippen molar-refractivity contribution < 1.29 is 24.5 Å². The van der Waals surface area contributed by atoms with Gasteiger partial charge in [0.25, 0.3) is 0 Å². The number of rotatable bonds is 3. The molecule has 0 aromatic carbocycles. The second kappa shape index (κ2) is 5.83. The molecule has 0 radical (unpaired) electrons. The third kappa shape index (κ3) is 3.86. The lowest BCUT2D eigenvalue weighted by atomic mass is 10.2. The third-order valence-corrected chi connectivity index (χ3v) is 2.56. The fraction of sp³-hybridized carbons (Fsp3) is 0.800. The van der Waals surface area contributed by atoms with Gasteiger partial charge in [0.1, 0.15) is 0 Å². The number of hydrogen-bond donors (Lipinski definition) is 3. The molecule has 0 saturated carbocycles. The van der Waals surface area contributed by atoms with Gasteiger partial charge in [-0.25, -0.2) is 9.59 Å². The van der Waals surface area contributed by atoms with Gasteiger partial charge >= 0.3 is 12.0 Å². The van der Waals surface area contributed by atoms with Gasteiger partial charge < -0.3 is 25.2 Å². The molecule has 98 valence electrons. The predicted octanol–water partition coefficient (Wildman–Crippen LogP) is -0.749. The summed E-state index contributed by atoms with van der Waals surface area (Å²) in [6, 6.07) is -1.78. The van der Waals surface area contributed by atoms with Gasteiger partial charge in [0.15, 0.2) is 6.04 Å². The number of amides is 2. The Morgan fingerprint density at radius 1 is 1.53 bits per heavy atom. The molecule has 3 N–H and O–H groups in total. The van der Waals surface area contributed by atoms with E-state index in [-0.39, 0.29) is 6.10 Å². The Kier molecular flexibility index (Phi) is 4.71. The Hall–Kier alpha value is -1.34. The van der Waals surface area contributed by atoms with Crippen LogP contribution in [0.2, 0.25) is 0 Å². The van der Waals surface area contributed by atoms with E-state index in [0.717, 1.165) is 0 Å². The standard InChI is InChI=1S/C10H18N2O5/c1-6-5-12(3-4-17-6)10(16)11-8(7(2)13)9(14)15/h6-8,13H,3-5H2,1-2H3,(H,11,16)(H,14,15). The van der Waals surface area contributed by atoms with E-state index in [2.05, 4.69) is 5.32 Å². The first-order valence-electron chi connectivity index (χ1n) is 5.49. The molecule has 3 unspecified atom stereocenters. The lowest BCUT2D eigenvalue weighted by Gasteiger charge is -2.32. The van der Waals surface area contributed by atoms with Crippen molar-refractivity contribution in [1.82, 2.24) is 10.2 Å². The van der Waals surface area contributed by atoms with Crippen LogP contribution in [0.1, 0.15) is 13.8 Å². The molecule has 1 heterocycles. The van der Waals surface area contributed by atoms with E-state index in [1.165, 1.54) is 11.8 Å². The van der Waals surface area contributed by atoms with E-state index < -0.39 is 24.1 Å². The molecule has 7 heteroatoms. The van der Waals surface area contributed by atoms with Crippen LogP contribution in [0.15, 0.2) is 0 Å². The number of carboxylic acids is 1. The van der Waals surface area contributed by atoms with Crippen molar-refractivity contribution in [2.45, 2.75) is 32.1 Å². The maximum absolute atomic E-state index is 11.7. The van der Waals surface area contributed by atoms with E-state index in [9.17, 15) is 14.7 Å². The van der Waals surface area contributed by atoms with E-state index in [0.29, 0.717) is 19.7 Å². The first-order chi connectivity index (χ1) is 7.91. The van der Waals surface area contributed by atoms with Gasteiger partial charge in [0, 0.05) is 13.1 Å². The summed E-state index contributed by atoms with van der Waals surface area (Å²) in [7, 11) is 0. The molecule has 0 bridgehead atoms. The zero-order chi connectivity index (χ0) is 13.0. The van der Waals surface area contributed by atoms with Crippen molar-refractivity contribution in [3.8, 4) is 0 Å². The second-order valence-corrected chi connectivity index (χ2v) is 4.13. The first-order valence-corrected chi connectivity index (χ1v) is 5.49. The van der Waals surface area contributed by atoms with E-state index >= 15 is 0 Å². The molecular weight excluding hydrogens is 228 g/mol. The summed E-state index contributed by atoms with van der Waals surface area (Å²) < 4.78 is 5.27. The molecule has 0 aromatic rings. The van der Waals surface area contributed by atoms with Gasteiger partial charge in [-0.15, -0.1) is 0 Å². The highest BCUT2D eigenvalue weighted by molar-refractivity contribution is 5.83. The summed E-state index contributed by atoms with van der Waals surface area (Å²) in [6.07, 6.45) is -1.21. The second-order valence-electron chi connectivity index (χ2n) is 4.13. The van der Waals surface area contributed by atoms with Crippen LogP contribution in [0, 0.1) is 0 Å². The molecule has 0 aliphatic carbocycles. The molecule has 1 rings (SSSR count). The van der Waals surface area contributed by atoms with Crippen LogP contribution in [0.25, 0.3) is 0 Å². The molecule has 2 amide bonds. The molecule has 1 saturated heterocycles. The maximum atomic E-state index is 11.7. The summed E-state index contributed by atoms with van der Waals surface area (Å²) in [5.41, 5.74) is 0. The minimum atomic E-state index is -1.29. The van der Waals surface area contributed by atoms with Crippen molar-refractivity contribution in [3.05, 3.63) is 0 Å². The zero-order valence-electron chi connectivity index (χ0n) is 9.92. The molecular formula is C10H18N2O5. The Morgan fingerprint density at radius 3 is 2.65 bits per heavy atom. The molecule has 1 fully saturated rings. The Balaban J connectivity index is 2.54. The summed E-state index contributed by atoms with van der Waals surface area (Å²) in [5, 5.41) is 20.4. The van der Waals surface area contributed by atoms with Crippen molar-refractivity contribution in [2.75, 3.05) is 19.7 Å². The monoisotopic (exact) mass is 246 g/mol. The summed E-state index contributed by atoms with van der Waals surface area (Å²) in [6.45, 7) is 4.42. The smallest absolute Gasteiger partial charge is 0.328 e. The lowest BCUT2D eigenvalue weighted by Crippen LogP contribution is -2.55. The zero-order valence-corrected chi connectivity index (χ0v) is 9.92. The number of carbonyl (C=O) groups is 2. The van der Waals surface area contributed by atoms with Gasteiger partial charge in [0.2, 0.25) is 0 Å². The normalized spacial score (nSPS) is 23.9. The highest BCUT2D eigenvalue weighted by Crippen LogP contribution is 2.05. The van der Waals surface area contributed by atoms with Crippen LogP contribution in [0.4, 0.5) is 4.79 Å². The van der Waals surface area contributed by atoms with Crippen LogP contribution in [0.5, 0.6) is 0 Å². The van der Waals surface area contributed by atoms with Crippen molar-refractivity contribution in [2.24, 2.45) is 0 Å². The number of ether oxygens (including phenoxy) is 1. The highest BCUT2D eigenvalue weighted by atomic mass is 16.5. The molecule has 1 aliphatic rings. The van der Waals surface area contributed by atoms with Gasteiger partial charge in [-0.05, 0) is 13.8 Å². The van der Waals surface area contributed by atoms with Crippen LogP contribution < -0.4 is 5.32 Å². The number of carbonyl (C=O) groups excluding carboxylic acids is 1. The van der Waals surface area contributed by atoms with Gasteiger partial charge in [0.05, 0.1) is 18.8 Å². The number of urea groups is 1.